The fourth-order valence-electron chi connectivity index (χ4n) is 7.28. The Kier molecular flexibility index (Phi) is 21.6. The molecule has 1 unspecified atom stereocenters. The van der Waals surface area contributed by atoms with Crippen LogP contribution in [-0.2, 0) is 42.9 Å². The molecule has 354 valence electrons. The van der Waals surface area contributed by atoms with Gasteiger partial charge in [0.1, 0.15) is 6.23 Å². The number of anilines is 2. The second-order valence-corrected chi connectivity index (χ2v) is 15.5. The first-order valence-electron chi connectivity index (χ1n) is 22.2. The van der Waals surface area contributed by atoms with E-state index in [9.17, 15) is 27.9 Å². The van der Waals surface area contributed by atoms with E-state index in [1.807, 2.05) is 36.4 Å². The van der Waals surface area contributed by atoms with Gasteiger partial charge in [0, 0.05) is 62.3 Å². The first kappa shape index (κ1) is 51.0. The van der Waals surface area contributed by atoms with Crippen molar-refractivity contribution in [2.45, 2.75) is 57.5 Å². The molecule has 0 spiro atoms. The topological polar surface area (TPSA) is 175 Å². The fraction of sp³-hybridized carbons (Fsp3) is 0.479. The molecule has 0 saturated carbocycles. The van der Waals surface area contributed by atoms with Crippen molar-refractivity contribution < 1.29 is 57.0 Å². The van der Waals surface area contributed by atoms with Crippen LogP contribution in [0.2, 0.25) is 0 Å². The van der Waals surface area contributed by atoms with E-state index in [0.29, 0.717) is 86.3 Å². The van der Waals surface area contributed by atoms with Crippen LogP contribution in [0.5, 0.6) is 0 Å². The Bertz CT molecular complexity index is 2050. The number of aromatic nitrogens is 1. The number of aryl methyl sites for hydroxylation is 1. The number of amides is 2. The number of benzene rings is 3. The molecule has 0 bridgehead atoms. The maximum absolute atomic E-state index is 13.8. The number of carbonyl (C=O) groups is 2. The Labute approximate surface area is 378 Å². The minimum absolute atomic E-state index is 0.00149. The van der Waals surface area contributed by atoms with E-state index >= 15 is 0 Å². The van der Waals surface area contributed by atoms with Gasteiger partial charge in [0.2, 0.25) is 5.91 Å². The highest BCUT2D eigenvalue weighted by Crippen LogP contribution is 2.34. The highest BCUT2D eigenvalue weighted by atomic mass is 19.4. The van der Waals surface area contributed by atoms with Gasteiger partial charge in [0.05, 0.1) is 82.8 Å². The predicted octanol–water partition coefficient (Wildman–Crippen LogP) is 5.99. The molecule has 1 fully saturated rings. The standard InChI is InChI=1S/C48H62F3N5O9/c49-48(50,51)40-11-5-8-37(32-40)35-53-46(60)39-14-16-52-44(33-39)42-34-41(55-17-2-1-3-18-55)12-13-43(42)54-47(61)38-10-4-7-36(31-38)9-6-23-62-25-27-64-29-30-65-28-26-63-24-15-45(59)56(19-21-57)20-22-58/h4-5,7-8,10-14,16,31-34,46,53,57-58,60H,1-3,6,9,15,17-30,35H2,(H,54,61). The predicted molar refractivity (Wildman–Crippen MR) is 240 cm³/mol. The van der Waals surface area contributed by atoms with Gasteiger partial charge in [0.25, 0.3) is 5.91 Å². The average Bonchev–Trinajstić information content (AvgIpc) is 3.32. The van der Waals surface area contributed by atoms with E-state index in [1.54, 1.807) is 30.5 Å². The number of nitrogens with zero attached hydrogens (tertiary/aromatic N) is 3. The van der Waals surface area contributed by atoms with E-state index in [0.717, 1.165) is 55.7 Å². The number of piperidine rings is 1. The molecule has 2 amide bonds. The number of hydrogen-bond acceptors (Lipinski definition) is 12. The van der Waals surface area contributed by atoms with Crippen LogP contribution in [0.25, 0.3) is 11.3 Å². The van der Waals surface area contributed by atoms with E-state index < -0.39 is 18.0 Å². The van der Waals surface area contributed by atoms with Crippen LogP contribution in [0, 0.1) is 0 Å². The lowest BCUT2D eigenvalue weighted by atomic mass is 10.0. The monoisotopic (exact) mass is 909 g/mol. The molecule has 3 aromatic carbocycles. The molecule has 17 heteroatoms. The lowest BCUT2D eigenvalue weighted by molar-refractivity contribution is -0.137. The third-order valence-electron chi connectivity index (χ3n) is 10.7. The molecule has 5 rings (SSSR count). The van der Waals surface area contributed by atoms with Crippen molar-refractivity contribution in [3.05, 3.63) is 113 Å². The van der Waals surface area contributed by atoms with Gasteiger partial charge in [0.15, 0.2) is 0 Å². The summed E-state index contributed by atoms with van der Waals surface area (Å²) >= 11 is 0. The number of aliphatic hydroxyl groups is 3. The van der Waals surface area contributed by atoms with E-state index in [1.165, 1.54) is 17.4 Å². The number of carbonyl (C=O) groups excluding carboxylic acids is 2. The Morgan fingerprint density at radius 1 is 0.769 bits per heavy atom. The number of halogens is 3. The largest absolute Gasteiger partial charge is 0.416 e. The van der Waals surface area contributed by atoms with Gasteiger partial charge in [-0.25, -0.2) is 0 Å². The maximum atomic E-state index is 13.8. The molecule has 2 heterocycles. The number of alkyl halides is 3. The van der Waals surface area contributed by atoms with Crippen LogP contribution >= 0.6 is 0 Å². The SMILES string of the molecule is O=C(Nc1ccc(N2CCCCC2)cc1-c1cc(C(O)NCc2cccc(C(F)(F)F)c2)ccn1)c1cccc(CCCOCCOCCOCCOCCC(=O)N(CCO)CCO)c1. The van der Waals surface area contributed by atoms with Gasteiger partial charge in [-0.1, -0.05) is 30.3 Å². The summed E-state index contributed by atoms with van der Waals surface area (Å²) < 4.78 is 62.0. The molecule has 1 saturated heterocycles. The first-order chi connectivity index (χ1) is 31.5. The summed E-state index contributed by atoms with van der Waals surface area (Å²) in [5, 5.41) is 35.1. The summed E-state index contributed by atoms with van der Waals surface area (Å²) in [6, 6.07) is 21.6. The normalized spacial score (nSPS) is 13.5. The molecular formula is C48H62F3N5O9. The van der Waals surface area contributed by atoms with Crippen molar-refractivity contribution in [1.82, 2.24) is 15.2 Å². The number of ether oxygens (including phenoxy) is 4. The molecule has 1 aliphatic heterocycles. The summed E-state index contributed by atoms with van der Waals surface area (Å²) in [4.78, 5) is 34.2. The summed E-state index contributed by atoms with van der Waals surface area (Å²) in [5.41, 5.74) is 4.25. The van der Waals surface area contributed by atoms with Gasteiger partial charge in [-0.2, -0.15) is 13.2 Å². The van der Waals surface area contributed by atoms with Crippen molar-refractivity contribution in [3.8, 4) is 11.3 Å². The number of nitrogens with one attached hydrogen (secondary N) is 2. The molecular weight excluding hydrogens is 848 g/mol. The number of pyridine rings is 1. The lowest BCUT2D eigenvalue weighted by Crippen LogP contribution is -2.36. The van der Waals surface area contributed by atoms with Crippen LogP contribution in [0.1, 0.15) is 70.9 Å². The molecule has 65 heavy (non-hydrogen) atoms. The van der Waals surface area contributed by atoms with E-state index in [-0.39, 0.29) is 57.7 Å². The van der Waals surface area contributed by atoms with Gasteiger partial charge >= 0.3 is 6.18 Å². The molecule has 0 aliphatic carbocycles. The lowest BCUT2D eigenvalue weighted by Gasteiger charge is -2.29. The van der Waals surface area contributed by atoms with E-state index in [2.05, 4.69) is 20.5 Å². The number of rotatable bonds is 28. The van der Waals surface area contributed by atoms with Crippen molar-refractivity contribution in [1.29, 1.82) is 0 Å². The van der Waals surface area contributed by atoms with Crippen molar-refractivity contribution >= 4 is 23.2 Å². The Hall–Kier alpha value is -4.98. The number of hydrogen-bond donors (Lipinski definition) is 5. The van der Waals surface area contributed by atoms with E-state index in [4.69, 9.17) is 29.2 Å². The molecule has 14 nitrogen and oxygen atoms in total. The summed E-state index contributed by atoms with van der Waals surface area (Å²) in [5.74, 6) is -0.481. The maximum Gasteiger partial charge on any atom is 0.416 e. The van der Waals surface area contributed by atoms with Crippen molar-refractivity contribution in [2.75, 3.05) is 102 Å². The minimum Gasteiger partial charge on any atom is -0.395 e. The van der Waals surface area contributed by atoms with Crippen LogP contribution < -0.4 is 15.5 Å². The summed E-state index contributed by atoms with van der Waals surface area (Å²) in [7, 11) is 0. The second kappa shape index (κ2) is 27.5. The first-order valence-corrected chi connectivity index (χ1v) is 22.2. The molecule has 1 atom stereocenters. The van der Waals surface area contributed by atoms with Gasteiger partial charge in [-0.15, -0.1) is 0 Å². The minimum atomic E-state index is -4.47. The number of aliphatic hydroxyl groups excluding tert-OH is 3. The van der Waals surface area contributed by atoms with Crippen molar-refractivity contribution in [2.24, 2.45) is 0 Å². The average molecular weight is 910 g/mol. The Morgan fingerprint density at radius 3 is 2.12 bits per heavy atom. The Morgan fingerprint density at radius 2 is 1.43 bits per heavy atom. The van der Waals surface area contributed by atoms with Crippen LogP contribution in [0.3, 0.4) is 0 Å². The smallest absolute Gasteiger partial charge is 0.395 e. The molecule has 0 radical (unpaired) electrons. The van der Waals surface area contributed by atoms with Gasteiger partial charge in [-0.05, 0) is 97.3 Å². The van der Waals surface area contributed by atoms with Gasteiger partial charge in [-0.3, -0.25) is 19.9 Å². The third kappa shape index (κ3) is 17.4. The molecule has 4 aromatic rings. The highest BCUT2D eigenvalue weighted by molar-refractivity contribution is 6.06. The Balaban J connectivity index is 1.06. The zero-order valence-corrected chi connectivity index (χ0v) is 36.8. The molecule has 1 aromatic heterocycles. The summed E-state index contributed by atoms with van der Waals surface area (Å²) in [6.45, 7) is 4.92. The molecule has 5 N–H and O–H groups in total. The third-order valence-corrected chi connectivity index (χ3v) is 10.7. The van der Waals surface area contributed by atoms with Crippen LogP contribution in [0.15, 0.2) is 85.1 Å². The van der Waals surface area contributed by atoms with Crippen LogP contribution in [0.4, 0.5) is 24.5 Å². The highest BCUT2D eigenvalue weighted by Gasteiger charge is 2.30. The van der Waals surface area contributed by atoms with Crippen molar-refractivity contribution in [3.63, 3.8) is 0 Å². The zero-order chi connectivity index (χ0) is 46.3. The van der Waals surface area contributed by atoms with Gasteiger partial charge < -0.3 is 49.4 Å². The quantitative estimate of drug-likeness (QED) is 0.0333. The van der Waals surface area contributed by atoms with Crippen LogP contribution in [-0.4, -0.2) is 129 Å². The zero-order valence-electron chi connectivity index (χ0n) is 36.8. The fourth-order valence-corrected chi connectivity index (χ4v) is 7.28. The summed E-state index contributed by atoms with van der Waals surface area (Å²) in [6.07, 6.45) is 0.809. The molecule has 1 aliphatic rings. The second-order valence-electron chi connectivity index (χ2n) is 15.5.